The van der Waals surface area contributed by atoms with Gasteiger partial charge in [-0.2, -0.15) is 0 Å². The summed E-state index contributed by atoms with van der Waals surface area (Å²) < 4.78 is 34.5. The number of likely N-dealkylation sites (tertiary alicyclic amines) is 1. The Morgan fingerprint density at radius 2 is 1.92 bits per heavy atom. The van der Waals surface area contributed by atoms with Gasteiger partial charge in [-0.05, 0) is 58.6 Å². The van der Waals surface area contributed by atoms with Crippen LogP contribution in [0.1, 0.15) is 69.7 Å². The highest BCUT2D eigenvalue weighted by Crippen LogP contribution is 2.38. The van der Waals surface area contributed by atoms with E-state index < -0.39 is 35.9 Å². The second-order valence-corrected chi connectivity index (χ2v) is 11.5. The Bertz CT molecular complexity index is 1130. The molecule has 2 amide bonds. The van der Waals surface area contributed by atoms with Crippen LogP contribution in [0.25, 0.3) is 10.9 Å². The summed E-state index contributed by atoms with van der Waals surface area (Å²) in [6, 6.07) is 5.26. The molecule has 0 radical (unpaired) electrons. The molecule has 198 valence electrons. The van der Waals surface area contributed by atoms with Crippen LogP contribution in [0, 0.1) is 0 Å². The van der Waals surface area contributed by atoms with Crippen LogP contribution in [0.2, 0.25) is 5.02 Å². The van der Waals surface area contributed by atoms with Crippen molar-refractivity contribution in [1.29, 1.82) is 0 Å². The van der Waals surface area contributed by atoms with Gasteiger partial charge in [0.15, 0.2) is 0 Å². The van der Waals surface area contributed by atoms with Crippen molar-refractivity contribution in [2.45, 2.75) is 89.0 Å². The molecular weight excluding hydrogens is 492 g/mol. The minimum atomic E-state index is -2.77. The number of hydrogen-bond acceptors (Lipinski definition) is 4. The average Bonchev–Trinajstić information content (AvgIpc) is 3.40. The molecule has 4 rings (SSSR count). The summed E-state index contributed by atoms with van der Waals surface area (Å²) in [7, 11) is 0. The zero-order valence-corrected chi connectivity index (χ0v) is 21.7. The largest absolute Gasteiger partial charge is 0.444 e. The number of aromatic nitrogens is 1. The number of carbonyl (C=O) groups excluding carboxylic acids is 2. The number of halogens is 3. The quantitative estimate of drug-likeness (QED) is 0.550. The first-order valence-electron chi connectivity index (χ1n) is 12.4. The van der Waals surface area contributed by atoms with Gasteiger partial charge in [0.05, 0.1) is 27.7 Å². The molecule has 1 atom stereocenters. The van der Waals surface area contributed by atoms with Crippen molar-refractivity contribution in [3.63, 3.8) is 0 Å². The number of alkyl halides is 2. The molecule has 0 unspecified atom stereocenters. The van der Waals surface area contributed by atoms with Crippen molar-refractivity contribution in [1.82, 2.24) is 14.8 Å². The Kier molecular flexibility index (Phi) is 7.27. The van der Waals surface area contributed by atoms with Crippen LogP contribution in [0.15, 0.2) is 24.4 Å². The van der Waals surface area contributed by atoms with Crippen LogP contribution in [0.5, 0.6) is 0 Å². The van der Waals surface area contributed by atoms with Crippen LogP contribution >= 0.6 is 11.6 Å². The van der Waals surface area contributed by atoms with E-state index in [4.69, 9.17) is 16.3 Å². The van der Waals surface area contributed by atoms with Crippen molar-refractivity contribution in [2.75, 3.05) is 13.1 Å². The van der Waals surface area contributed by atoms with Gasteiger partial charge < -0.3 is 24.6 Å². The van der Waals surface area contributed by atoms with Gasteiger partial charge >= 0.3 is 6.09 Å². The lowest BCUT2D eigenvalue weighted by Gasteiger charge is -2.35. The van der Waals surface area contributed by atoms with Gasteiger partial charge in [-0.3, -0.25) is 4.79 Å². The van der Waals surface area contributed by atoms with Crippen LogP contribution in [-0.2, 0) is 11.3 Å². The van der Waals surface area contributed by atoms with Crippen molar-refractivity contribution >= 4 is 34.5 Å². The molecule has 10 heteroatoms. The molecule has 2 fully saturated rings. The van der Waals surface area contributed by atoms with E-state index in [1.807, 2.05) is 31.4 Å². The summed E-state index contributed by atoms with van der Waals surface area (Å²) >= 11 is 6.49. The summed E-state index contributed by atoms with van der Waals surface area (Å²) in [6.45, 7) is 6.44. The molecule has 36 heavy (non-hydrogen) atoms. The zero-order chi connectivity index (χ0) is 26.3. The van der Waals surface area contributed by atoms with Crippen LogP contribution < -0.4 is 5.32 Å². The van der Waals surface area contributed by atoms with E-state index in [2.05, 4.69) is 5.32 Å². The third-order valence-corrected chi connectivity index (χ3v) is 7.32. The van der Waals surface area contributed by atoms with E-state index in [0.29, 0.717) is 29.1 Å². The summed E-state index contributed by atoms with van der Waals surface area (Å²) in [5, 5.41) is 14.4. The SMILES string of the molecule is CC(C)(C)OC(=O)N1CCC[C@H]1Cn1cc(C(=O)NCC2(O)CCC(F)(F)CC2)c2c(Cl)cccc21. The monoisotopic (exact) mass is 525 g/mol. The highest BCUT2D eigenvalue weighted by Gasteiger charge is 2.42. The fourth-order valence-corrected chi connectivity index (χ4v) is 5.31. The minimum absolute atomic E-state index is 0.0784. The fourth-order valence-electron chi connectivity index (χ4n) is 5.04. The van der Waals surface area contributed by atoms with Crippen LogP contribution in [0.4, 0.5) is 13.6 Å². The first-order chi connectivity index (χ1) is 16.8. The third-order valence-electron chi connectivity index (χ3n) is 7.00. The van der Waals surface area contributed by atoms with Gasteiger partial charge in [-0.25, -0.2) is 13.6 Å². The van der Waals surface area contributed by atoms with E-state index in [1.165, 1.54) is 0 Å². The Labute approximate surface area is 214 Å². The molecule has 2 N–H and O–H groups in total. The third kappa shape index (κ3) is 5.94. The highest BCUT2D eigenvalue weighted by atomic mass is 35.5. The van der Waals surface area contributed by atoms with Gasteiger partial charge in [0.2, 0.25) is 5.92 Å². The molecule has 2 aromatic rings. The number of nitrogens with one attached hydrogen (secondary N) is 1. The van der Waals surface area contributed by atoms with Gasteiger partial charge in [-0.15, -0.1) is 0 Å². The van der Waals surface area contributed by atoms with Crippen molar-refractivity contribution < 1.29 is 28.2 Å². The lowest BCUT2D eigenvalue weighted by atomic mass is 9.82. The van der Waals surface area contributed by atoms with Crippen LogP contribution in [-0.4, -0.2) is 62.8 Å². The normalized spacial score (nSPS) is 21.5. The van der Waals surface area contributed by atoms with E-state index in [-0.39, 0.29) is 31.5 Å². The van der Waals surface area contributed by atoms with E-state index in [9.17, 15) is 23.5 Å². The molecule has 1 aliphatic carbocycles. The van der Waals surface area contributed by atoms with Crippen molar-refractivity contribution in [2.24, 2.45) is 0 Å². The number of hydrogen-bond donors (Lipinski definition) is 2. The van der Waals surface area contributed by atoms with Gasteiger partial charge in [-0.1, -0.05) is 17.7 Å². The van der Waals surface area contributed by atoms with Gasteiger partial charge in [0.25, 0.3) is 5.91 Å². The van der Waals surface area contributed by atoms with Gasteiger partial charge in [0.1, 0.15) is 5.60 Å². The Morgan fingerprint density at radius 3 is 2.58 bits per heavy atom. The van der Waals surface area contributed by atoms with E-state index >= 15 is 0 Å². The number of aliphatic hydroxyl groups is 1. The number of nitrogens with zero attached hydrogens (tertiary/aromatic N) is 2. The van der Waals surface area contributed by atoms with E-state index in [1.54, 1.807) is 23.2 Å². The first-order valence-corrected chi connectivity index (χ1v) is 12.8. The summed E-state index contributed by atoms with van der Waals surface area (Å²) in [4.78, 5) is 27.6. The summed E-state index contributed by atoms with van der Waals surface area (Å²) in [6.07, 6.45) is 2.05. The molecule has 1 aliphatic heterocycles. The Morgan fingerprint density at radius 1 is 1.22 bits per heavy atom. The Balaban J connectivity index is 1.53. The fraction of sp³-hybridized carbons (Fsp3) is 0.615. The van der Waals surface area contributed by atoms with Crippen LogP contribution in [0.3, 0.4) is 0 Å². The second-order valence-electron chi connectivity index (χ2n) is 11.1. The molecule has 0 spiro atoms. The molecule has 1 aromatic carbocycles. The zero-order valence-electron chi connectivity index (χ0n) is 21.0. The summed E-state index contributed by atoms with van der Waals surface area (Å²) in [5.74, 6) is -3.21. The number of carbonyl (C=O) groups is 2. The maximum atomic E-state index is 13.5. The smallest absolute Gasteiger partial charge is 0.410 e. The molecule has 7 nitrogen and oxygen atoms in total. The lowest BCUT2D eigenvalue weighted by Crippen LogP contribution is -2.47. The molecule has 1 saturated carbocycles. The number of rotatable bonds is 5. The molecular formula is C26H34ClF2N3O4. The number of fused-ring (bicyclic) bond motifs is 1. The second kappa shape index (κ2) is 9.82. The van der Waals surface area contributed by atoms with Crippen molar-refractivity contribution in [3.05, 3.63) is 35.0 Å². The van der Waals surface area contributed by atoms with Crippen molar-refractivity contribution in [3.8, 4) is 0 Å². The maximum absolute atomic E-state index is 13.5. The molecule has 0 bridgehead atoms. The highest BCUT2D eigenvalue weighted by molar-refractivity contribution is 6.36. The standard InChI is InChI=1S/C26H34ClF2N3O4/c1-24(2,3)36-23(34)32-13-5-6-17(32)14-31-15-18(21-19(27)7-4-8-20(21)31)22(33)30-16-25(35)9-11-26(28,29)12-10-25/h4,7-8,15,17,35H,5-6,9-14,16H2,1-3H3,(H,30,33)/t17-/m0/s1. The maximum Gasteiger partial charge on any atom is 0.410 e. The lowest BCUT2D eigenvalue weighted by molar-refractivity contribution is -0.101. The number of benzene rings is 1. The molecule has 1 aromatic heterocycles. The topological polar surface area (TPSA) is 83.8 Å². The number of amides is 2. The summed E-state index contributed by atoms with van der Waals surface area (Å²) in [5.41, 5.74) is -0.875. The molecule has 2 heterocycles. The number of ether oxygens (including phenoxy) is 1. The molecule has 1 saturated heterocycles. The van der Waals surface area contributed by atoms with E-state index in [0.717, 1.165) is 18.4 Å². The van der Waals surface area contributed by atoms with Gasteiger partial charge in [0, 0.05) is 44.1 Å². The predicted molar refractivity (Wildman–Crippen MR) is 134 cm³/mol. The molecule has 2 aliphatic rings. The average molecular weight is 526 g/mol. The first kappa shape index (κ1) is 26.7. The minimum Gasteiger partial charge on any atom is -0.444 e. The predicted octanol–water partition coefficient (Wildman–Crippen LogP) is 5.36. The Hall–Kier alpha value is -2.39.